The number of nitrogens with one attached hydrogen (secondary N) is 2. The van der Waals surface area contributed by atoms with Gasteiger partial charge in [-0.15, -0.1) is 12.4 Å². The summed E-state index contributed by atoms with van der Waals surface area (Å²) < 4.78 is 16.4. The highest BCUT2D eigenvalue weighted by molar-refractivity contribution is 7.22. The first-order chi connectivity index (χ1) is 18.4. The molecule has 4 heterocycles. The number of benzene rings is 1. The Morgan fingerprint density at radius 2 is 1.90 bits per heavy atom. The topological polar surface area (TPSA) is 124 Å². The molecule has 204 valence electrons. The Labute approximate surface area is 234 Å². The molecular weight excluding hydrogens is 545 g/mol. The summed E-state index contributed by atoms with van der Waals surface area (Å²) in [6.07, 6.45) is 3.30. The van der Waals surface area contributed by atoms with E-state index in [0.29, 0.717) is 59.8 Å². The molecular formula is C26H27ClFN7O3S. The highest BCUT2D eigenvalue weighted by Crippen LogP contribution is 2.40. The zero-order valence-corrected chi connectivity index (χ0v) is 22.7. The van der Waals surface area contributed by atoms with Crippen molar-refractivity contribution in [2.45, 2.75) is 6.92 Å². The maximum absolute atomic E-state index is 15.9. The van der Waals surface area contributed by atoms with E-state index in [1.54, 1.807) is 18.5 Å². The molecule has 39 heavy (non-hydrogen) atoms. The fourth-order valence-corrected chi connectivity index (χ4v) is 5.37. The number of amides is 2. The van der Waals surface area contributed by atoms with Crippen molar-refractivity contribution in [3.63, 3.8) is 0 Å². The van der Waals surface area contributed by atoms with Crippen LogP contribution in [0.1, 0.15) is 6.92 Å². The molecule has 1 aliphatic heterocycles. The quantitative estimate of drug-likeness (QED) is 0.299. The van der Waals surface area contributed by atoms with Crippen molar-refractivity contribution in [2.75, 3.05) is 49.5 Å². The molecule has 4 aromatic rings. The third-order valence-electron chi connectivity index (χ3n) is 6.22. The first-order valence-corrected chi connectivity index (χ1v) is 13.0. The van der Waals surface area contributed by atoms with Crippen LogP contribution in [0.4, 0.5) is 20.1 Å². The third-order valence-corrected chi connectivity index (χ3v) is 7.22. The summed E-state index contributed by atoms with van der Waals surface area (Å²) in [5.41, 5.74) is 2.44. The minimum Gasteiger partial charge on any atom is -0.480 e. The number of hydrogen-bond donors (Lipinski definition) is 3. The first-order valence-electron chi connectivity index (χ1n) is 12.2. The molecule has 0 aliphatic carbocycles. The Bertz CT molecular complexity index is 1460. The van der Waals surface area contributed by atoms with E-state index >= 15 is 4.39 Å². The summed E-state index contributed by atoms with van der Waals surface area (Å²) in [7, 11) is 0. The van der Waals surface area contributed by atoms with Gasteiger partial charge in [-0.2, -0.15) is 0 Å². The predicted octanol–water partition coefficient (Wildman–Crippen LogP) is 4.33. The van der Waals surface area contributed by atoms with Gasteiger partial charge >= 0.3 is 12.0 Å². The van der Waals surface area contributed by atoms with E-state index in [1.807, 2.05) is 42.2 Å². The van der Waals surface area contributed by atoms with Crippen LogP contribution in [0.5, 0.6) is 0 Å². The summed E-state index contributed by atoms with van der Waals surface area (Å²) in [4.78, 5) is 40.4. The van der Waals surface area contributed by atoms with Crippen molar-refractivity contribution < 1.29 is 19.1 Å². The van der Waals surface area contributed by atoms with Crippen molar-refractivity contribution >= 4 is 56.9 Å². The van der Waals surface area contributed by atoms with Crippen molar-refractivity contribution in [1.82, 2.24) is 25.2 Å². The molecule has 13 heteroatoms. The maximum atomic E-state index is 15.9. The lowest BCUT2D eigenvalue weighted by atomic mass is 10.0. The molecule has 1 saturated heterocycles. The number of piperazine rings is 1. The molecule has 0 unspecified atom stereocenters. The van der Waals surface area contributed by atoms with Crippen LogP contribution in [-0.4, -0.2) is 76.2 Å². The second-order valence-corrected chi connectivity index (χ2v) is 9.74. The van der Waals surface area contributed by atoms with Crippen molar-refractivity contribution in [3.8, 4) is 22.4 Å². The predicted molar refractivity (Wildman–Crippen MR) is 152 cm³/mol. The van der Waals surface area contributed by atoms with Crippen LogP contribution >= 0.6 is 23.7 Å². The van der Waals surface area contributed by atoms with Gasteiger partial charge in [0.05, 0.1) is 16.9 Å². The minimum atomic E-state index is -0.836. The van der Waals surface area contributed by atoms with E-state index in [2.05, 4.69) is 30.5 Å². The number of halogens is 2. The number of aliphatic carboxylic acids is 1. The molecule has 3 N–H and O–H groups in total. The normalized spacial score (nSPS) is 13.6. The Balaban J connectivity index is 0.00000353. The summed E-state index contributed by atoms with van der Waals surface area (Å²) in [6.45, 7) is 4.86. The number of pyridine rings is 2. The standard InChI is InChI=1S/C26H26FN7O3S.ClH/c1-2-28-25(37)32-26-31-23-22(27)17(13-18(24(23)38-26)19-5-3-4-8-29-19)16-6-7-20(30-14-16)34-11-9-33(10-12-34)15-21(35)36;/h3-8,13-14H,2,9-12,15H2,1H3,(H,35,36)(H2,28,31,32,37);1H. The largest absolute Gasteiger partial charge is 0.480 e. The lowest BCUT2D eigenvalue weighted by molar-refractivity contribution is -0.138. The number of carboxylic acids is 1. The van der Waals surface area contributed by atoms with Gasteiger partial charge in [-0.05, 0) is 37.3 Å². The van der Waals surface area contributed by atoms with Crippen LogP contribution in [0.15, 0.2) is 48.8 Å². The summed E-state index contributed by atoms with van der Waals surface area (Å²) in [6, 6.07) is 10.5. The molecule has 5 rings (SSSR count). The number of hydrogen-bond acceptors (Lipinski definition) is 8. The molecule has 0 saturated carbocycles. The molecule has 2 amide bonds. The molecule has 0 radical (unpaired) electrons. The van der Waals surface area contributed by atoms with Crippen LogP contribution in [-0.2, 0) is 4.79 Å². The zero-order chi connectivity index (χ0) is 26.6. The molecule has 0 atom stereocenters. The highest BCUT2D eigenvalue weighted by atomic mass is 35.5. The van der Waals surface area contributed by atoms with Gasteiger partial charge in [-0.3, -0.25) is 20.0 Å². The van der Waals surface area contributed by atoms with E-state index in [4.69, 9.17) is 5.11 Å². The molecule has 1 aromatic carbocycles. The lowest BCUT2D eigenvalue weighted by Gasteiger charge is -2.34. The van der Waals surface area contributed by atoms with Crippen LogP contribution in [0.2, 0.25) is 0 Å². The van der Waals surface area contributed by atoms with Gasteiger partial charge in [0.15, 0.2) is 10.9 Å². The fraction of sp³-hybridized carbons (Fsp3) is 0.269. The minimum absolute atomic E-state index is 0. The number of thiazole rings is 1. The number of aromatic nitrogens is 3. The third kappa shape index (κ3) is 6.24. The number of rotatable bonds is 7. The number of urea groups is 1. The smallest absolute Gasteiger partial charge is 0.321 e. The van der Waals surface area contributed by atoms with Gasteiger partial charge in [-0.1, -0.05) is 17.4 Å². The number of fused-ring (bicyclic) bond motifs is 1. The molecule has 0 spiro atoms. The van der Waals surface area contributed by atoms with Crippen molar-refractivity contribution in [2.24, 2.45) is 0 Å². The van der Waals surface area contributed by atoms with Gasteiger partial charge in [0.2, 0.25) is 0 Å². The summed E-state index contributed by atoms with van der Waals surface area (Å²) in [5, 5.41) is 14.6. The maximum Gasteiger partial charge on any atom is 0.321 e. The molecule has 3 aromatic heterocycles. The number of anilines is 2. The first kappa shape index (κ1) is 28.1. The van der Waals surface area contributed by atoms with E-state index < -0.39 is 17.8 Å². The van der Waals surface area contributed by atoms with Crippen LogP contribution in [0.25, 0.3) is 32.6 Å². The Morgan fingerprint density at radius 3 is 2.54 bits per heavy atom. The fourth-order valence-electron chi connectivity index (χ4n) is 4.39. The van der Waals surface area contributed by atoms with Crippen LogP contribution in [0.3, 0.4) is 0 Å². The lowest BCUT2D eigenvalue weighted by Crippen LogP contribution is -2.48. The van der Waals surface area contributed by atoms with E-state index in [0.717, 1.165) is 5.82 Å². The molecule has 0 bridgehead atoms. The van der Waals surface area contributed by atoms with E-state index in [-0.39, 0.29) is 29.6 Å². The zero-order valence-electron chi connectivity index (χ0n) is 21.1. The van der Waals surface area contributed by atoms with E-state index in [9.17, 15) is 9.59 Å². The SMILES string of the molecule is CCNC(=O)Nc1nc2c(F)c(-c3ccc(N4CCN(CC(=O)O)CC4)nc3)cc(-c3ccccn3)c2s1.Cl. The van der Waals surface area contributed by atoms with Crippen LogP contribution < -0.4 is 15.5 Å². The molecule has 1 fully saturated rings. The molecule has 1 aliphatic rings. The van der Waals surface area contributed by atoms with Gasteiger partial charge in [0, 0.05) is 61.8 Å². The summed E-state index contributed by atoms with van der Waals surface area (Å²) >= 11 is 1.19. The number of carbonyl (C=O) groups excluding carboxylic acids is 1. The monoisotopic (exact) mass is 571 g/mol. The van der Waals surface area contributed by atoms with Gasteiger partial charge in [0.1, 0.15) is 11.3 Å². The highest BCUT2D eigenvalue weighted by Gasteiger charge is 2.22. The second kappa shape index (κ2) is 12.3. The van der Waals surface area contributed by atoms with E-state index in [1.165, 1.54) is 11.3 Å². The molecule has 10 nitrogen and oxygen atoms in total. The van der Waals surface area contributed by atoms with Crippen molar-refractivity contribution in [3.05, 3.63) is 54.6 Å². The average Bonchev–Trinajstić information content (AvgIpc) is 3.34. The Morgan fingerprint density at radius 1 is 1.10 bits per heavy atom. The van der Waals surface area contributed by atoms with Crippen LogP contribution in [0, 0.1) is 5.82 Å². The van der Waals surface area contributed by atoms with Gasteiger partial charge < -0.3 is 15.3 Å². The average molecular weight is 572 g/mol. The van der Waals surface area contributed by atoms with Gasteiger partial charge in [-0.25, -0.2) is 19.2 Å². The van der Waals surface area contributed by atoms with Gasteiger partial charge in [0.25, 0.3) is 0 Å². The van der Waals surface area contributed by atoms with Crippen molar-refractivity contribution in [1.29, 1.82) is 0 Å². The number of nitrogens with zero attached hydrogens (tertiary/aromatic N) is 5. The number of carboxylic acid groups (broad SMARTS) is 1. The second-order valence-electron chi connectivity index (χ2n) is 8.74. The Hall–Kier alpha value is -3.87. The summed E-state index contributed by atoms with van der Waals surface area (Å²) in [5.74, 6) is -0.591. The Kier molecular flexibility index (Phi) is 8.90. The number of carbonyl (C=O) groups is 2.